The fourth-order valence-corrected chi connectivity index (χ4v) is 3.20. The molecule has 0 bridgehead atoms. The first-order valence-corrected chi connectivity index (χ1v) is 8.48. The normalized spacial score (nSPS) is 16.3. The van der Waals surface area contributed by atoms with Gasteiger partial charge in [-0.3, -0.25) is 4.90 Å². The summed E-state index contributed by atoms with van der Waals surface area (Å²) in [6.07, 6.45) is 7.91. The molecule has 1 nitrogen and oxygen atoms in total. The number of allylic oxidation sites excluding steroid dienone is 1. The van der Waals surface area contributed by atoms with Crippen LogP contribution in [0.25, 0.3) is 6.08 Å². The molecule has 21 heavy (non-hydrogen) atoms. The Morgan fingerprint density at radius 3 is 2.67 bits per heavy atom. The molecule has 0 spiro atoms. The zero-order valence-corrected chi connectivity index (χ0v) is 13.4. The van der Waals surface area contributed by atoms with Gasteiger partial charge in [0.1, 0.15) is 0 Å². The minimum atomic E-state index is 0.804. The molecule has 108 valence electrons. The monoisotopic (exact) mass is 315 g/mol. The highest BCUT2D eigenvalue weighted by atomic mass is 35.5. The standard InChI is InChI=1S/C18H18ClNS/c19-18-5-3-16(4-6-18)13-20-10-7-15(8-11-20)1-2-17-9-12-21-14-17/h1-7,9,12,14H,8,10-11,13H2/b2-1+. The Labute approximate surface area is 135 Å². The number of halogens is 1. The molecule has 0 atom stereocenters. The van der Waals surface area contributed by atoms with E-state index in [2.05, 4.69) is 52.1 Å². The van der Waals surface area contributed by atoms with Gasteiger partial charge in [0.2, 0.25) is 0 Å². The van der Waals surface area contributed by atoms with Crippen LogP contribution in [-0.2, 0) is 6.54 Å². The van der Waals surface area contributed by atoms with E-state index in [1.54, 1.807) is 11.3 Å². The quantitative estimate of drug-likeness (QED) is 0.745. The Hall–Kier alpha value is -1.35. The van der Waals surface area contributed by atoms with Crippen LogP contribution in [0.5, 0.6) is 0 Å². The van der Waals surface area contributed by atoms with Crippen LogP contribution >= 0.6 is 22.9 Å². The Morgan fingerprint density at radius 1 is 1.14 bits per heavy atom. The van der Waals surface area contributed by atoms with Crippen LogP contribution in [0, 0.1) is 0 Å². The molecule has 1 aromatic carbocycles. The molecule has 0 radical (unpaired) electrons. The van der Waals surface area contributed by atoms with E-state index in [4.69, 9.17) is 11.6 Å². The Balaban J connectivity index is 1.55. The molecule has 0 amide bonds. The zero-order valence-electron chi connectivity index (χ0n) is 11.8. The molecule has 0 N–H and O–H groups in total. The van der Waals surface area contributed by atoms with Crippen molar-refractivity contribution in [2.24, 2.45) is 0 Å². The van der Waals surface area contributed by atoms with Crippen LogP contribution in [-0.4, -0.2) is 18.0 Å². The third-order valence-corrected chi connectivity index (χ3v) is 4.63. The summed E-state index contributed by atoms with van der Waals surface area (Å²) in [6.45, 7) is 3.13. The summed E-state index contributed by atoms with van der Waals surface area (Å²) in [6, 6.07) is 10.3. The zero-order chi connectivity index (χ0) is 14.5. The topological polar surface area (TPSA) is 3.24 Å². The van der Waals surface area contributed by atoms with Gasteiger partial charge in [-0.2, -0.15) is 11.3 Å². The predicted octanol–water partition coefficient (Wildman–Crippen LogP) is 5.25. The summed E-state index contributed by atoms with van der Waals surface area (Å²) in [5.41, 5.74) is 4.06. The van der Waals surface area contributed by atoms with Gasteiger partial charge in [-0.05, 0) is 52.1 Å². The third-order valence-electron chi connectivity index (χ3n) is 3.68. The summed E-state index contributed by atoms with van der Waals surface area (Å²) >= 11 is 7.66. The second-order valence-corrected chi connectivity index (χ2v) is 6.50. The molecule has 1 aliphatic heterocycles. The van der Waals surface area contributed by atoms with Crippen LogP contribution in [0.3, 0.4) is 0 Å². The fraction of sp³-hybridized carbons (Fsp3) is 0.222. The van der Waals surface area contributed by atoms with Crippen molar-refractivity contribution in [3.63, 3.8) is 0 Å². The Morgan fingerprint density at radius 2 is 2.00 bits per heavy atom. The first kappa shape index (κ1) is 14.6. The molecule has 3 heteroatoms. The van der Waals surface area contributed by atoms with E-state index in [1.165, 1.54) is 16.7 Å². The van der Waals surface area contributed by atoms with Crippen molar-refractivity contribution in [3.05, 3.63) is 75.0 Å². The first-order chi connectivity index (χ1) is 10.3. The maximum atomic E-state index is 5.92. The molecule has 1 aliphatic rings. The molecule has 2 heterocycles. The minimum absolute atomic E-state index is 0.804. The largest absolute Gasteiger partial charge is 0.295 e. The number of rotatable bonds is 4. The van der Waals surface area contributed by atoms with Crippen LogP contribution in [0.15, 0.2) is 58.8 Å². The molecule has 0 fully saturated rings. The van der Waals surface area contributed by atoms with E-state index in [1.807, 2.05) is 12.1 Å². The highest BCUT2D eigenvalue weighted by molar-refractivity contribution is 7.08. The van der Waals surface area contributed by atoms with Crippen molar-refractivity contribution in [1.29, 1.82) is 0 Å². The summed E-state index contributed by atoms with van der Waals surface area (Å²) in [5.74, 6) is 0. The van der Waals surface area contributed by atoms with E-state index in [9.17, 15) is 0 Å². The van der Waals surface area contributed by atoms with Gasteiger partial charge in [0, 0.05) is 24.7 Å². The van der Waals surface area contributed by atoms with E-state index < -0.39 is 0 Å². The average Bonchev–Trinajstić information content (AvgIpc) is 3.02. The van der Waals surface area contributed by atoms with Gasteiger partial charge in [0.15, 0.2) is 0 Å². The summed E-state index contributed by atoms with van der Waals surface area (Å²) in [7, 11) is 0. The average molecular weight is 316 g/mol. The Bertz CT molecular complexity index is 626. The van der Waals surface area contributed by atoms with Gasteiger partial charge in [-0.25, -0.2) is 0 Å². The smallest absolute Gasteiger partial charge is 0.0406 e. The van der Waals surface area contributed by atoms with Crippen molar-refractivity contribution >= 4 is 29.0 Å². The van der Waals surface area contributed by atoms with Crippen molar-refractivity contribution < 1.29 is 0 Å². The molecule has 1 aromatic heterocycles. The van der Waals surface area contributed by atoms with Crippen molar-refractivity contribution in [2.75, 3.05) is 13.1 Å². The van der Waals surface area contributed by atoms with E-state index >= 15 is 0 Å². The fourth-order valence-electron chi connectivity index (χ4n) is 2.44. The lowest BCUT2D eigenvalue weighted by molar-refractivity contribution is 0.287. The van der Waals surface area contributed by atoms with Crippen molar-refractivity contribution in [2.45, 2.75) is 13.0 Å². The lowest BCUT2D eigenvalue weighted by Gasteiger charge is -2.25. The number of nitrogens with zero attached hydrogens (tertiary/aromatic N) is 1. The van der Waals surface area contributed by atoms with Crippen LogP contribution in [0.2, 0.25) is 5.02 Å². The van der Waals surface area contributed by atoms with E-state index in [-0.39, 0.29) is 0 Å². The van der Waals surface area contributed by atoms with E-state index in [0.717, 1.165) is 31.1 Å². The molecular formula is C18H18ClNS. The number of benzene rings is 1. The molecule has 2 aromatic rings. The van der Waals surface area contributed by atoms with Crippen molar-refractivity contribution in [1.82, 2.24) is 4.90 Å². The highest BCUT2D eigenvalue weighted by Gasteiger charge is 2.10. The summed E-state index contributed by atoms with van der Waals surface area (Å²) in [4.78, 5) is 2.46. The third kappa shape index (κ3) is 4.31. The maximum Gasteiger partial charge on any atom is 0.0406 e. The second-order valence-electron chi connectivity index (χ2n) is 5.28. The lowest BCUT2D eigenvalue weighted by atomic mass is 10.1. The van der Waals surface area contributed by atoms with Crippen LogP contribution < -0.4 is 0 Å². The van der Waals surface area contributed by atoms with Gasteiger partial charge in [-0.1, -0.05) is 42.0 Å². The van der Waals surface area contributed by atoms with Crippen LogP contribution in [0.4, 0.5) is 0 Å². The molecule has 0 saturated heterocycles. The number of hydrogen-bond donors (Lipinski definition) is 0. The predicted molar refractivity (Wildman–Crippen MR) is 92.8 cm³/mol. The van der Waals surface area contributed by atoms with Crippen LogP contribution in [0.1, 0.15) is 17.5 Å². The highest BCUT2D eigenvalue weighted by Crippen LogP contribution is 2.18. The van der Waals surface area contributed by atoms with Crippen molar-refractivity contribution in [3.8, 4) is 0 Å². The molecule has 0 aliphatic carbocycles. The maximum absolute atomic E-state index is 5.92. The molecule has 0 saturated carbocycles. The molecule has 3 rings (SSSR count). The molecule has 0 unspecified atom stereocenters. The Kier molecular flexibility index (Phi) is 4.91. The van der Waals surface area contributed by atoms with E-state index in [0.29, 0.717) is 0 Å². The van der Waals surface area contributed by atoms with Gasteiger partial charge in [0.05, 0.1) is 0 Å². The van der Waals surface area contributed by atoms with Gasteiger partial charge in [-0.15, -0.1) is 0 Å². The number of hydrogen-bond acceptors (Lipinski definition) is 2. The second kappa shape index (κ2) is 7.08. The SMILES string of the molecule is Clc1ccc(CN2CC=C(/C=C/c3ccsc3)CC2)cc1. The minimum Gasteiger partial charge on any atom is -0.295 e. The summed E-state index contributed by atoms with van der Waals surface area (Å²) in [5, 5.41) is 5.09. The first-order valence-electron chi connectivity index (χ1n) is 7.16. The lowest BCUT2D eigenvalue weighted by Crippen LogP contribution is -2.27. The molecular weight excluding hydrogens is 298 g/mol. The van der Waals surface area contributed by atoms with Gasteiger partial charge < -0.3 is 0 Å². The van der Waals surface area contributed by atoms with Gasteiger partial charge >= 0.3 is 0 Å². The van der Waals surface area contributed by atoms with Gasteiger partial charge in [0.25, 0.3) is 0 Å². The number of thiophene rings is 1. The summed E-state index contributed by atoms with van der Waals surface area (Å²) < 4.78 is 0.